The summed E-state index contributed by atoms with van der Waals surface area (Å²) in [6.07, 6.45) is -0.173. The third-order valence-electron chi connectivity index (χ3n) is 4.61. The lowest BCUT2D eigenvalue weighted by atomic mass is 9.72. The average Bonchev–Trinajstić information content (AvgIpc) is 2.34. The van der Waals surface area contributed by atoms with Gasteiger partial charge < -0.3 is 9.64 Å². The number of hydrogen-bond acceptors (Lipinski definition) is 3. The second-order valence-electron chi connectivity index (χ2n) is 7.83. The molecule has 2 aliphatic rings. The molecule has 22 heavy (non-hydrogen) atoms. The predicted octanol–water partition coefficient (Wildman–Crippen LogP) is 3.30. The summed E-state index contributed by atoms with van der Waals surface area (Å²) in [5.41, 5.74) is 1.26. The van der Waals surface area contributed by atoms with Crippen LogP contribution in [0, 0.1) is 5.41 Å². The highest BCUT2D eigenvalue weighted by Crippen LogP contribution is 2.43. The fourth-order valence-corrected chi connectivity index (χ4v) is 3.45. The van der Waals surface area contributed by atoms with Crippen molar-refractivity contribution in [3.63, 3.8) is 0 Å². The van der Waals surface area contributed by atoms with E-state index in [1.807, 2.05) is 25.7 Å². The molecule has 2 heterocycles. The van der Waals surface area contributed by atoms with Crippen LogP contribution >= 0.6 is 0 Å². The minimum Gasteiger partial charge on any atom is -0.444 e. The molecule has 0 radical (unpaired) electrons. The Morgan fingerprint density at radius 2 is 1.73 bits per heavy atom. The molecule has 1 aromatic carbocycles. The Morgan fingerprint density at radius 3 is 2.27 bits per heavy atom. The van der Waals surface area contributed by atoms with Crippen molar-refractivity contribution in [2.24, 2.45) is 5.41 Å². The molecule has 1 aromatic rings. The molecule has 0 aliphatic carbocycles. The smallest absolute Gasteiger partial charge is 0.410 e. The SMILES string of the molecule is CC(c1ccccc1)N1CC2(CN(C(=O)OC(C)(C)C)C2)C1. The Morgan fingerprint density at radius 1 is 1.14 bits per heavy atom. The Balaban J connectivity index is 1.48. The maximum Gasteiger partial charge on any atom is 0.410 e. The van der Waals surface area contributed by atoms with Crippen molar-refractivity contribution in [2.45, 2.75) is 39.3 Å². The molecule has 2 saturated heterocycles. The summed E-state index contributed by atoms with van der Waals surface area (Å²) in [7, 11) is 0. The summed E-state index contributed by atoms with van der Waals surface area (Å²) < 4.78 is 5.42. The van der Waals surface area contributed by atoms with Gasteiger partial charge in [-0.3, -0.25) is 4.90 Å². The second kappa shape index (κ2) is 5.27. The van der Waals surface area contributed by atoms with Gasteiger partial charge in [-0.1, -0.05) is 30.3 Å². The van der Waals surface area contributed by atoms with Gasteiger partial charge in [0.05, 0.1) is 0 Å². The molecule has 0 bridgehead atoms. The lowest BCUT2D eigenvalue weighted by molar-refractivity contribution is -0.125. The van der Waals surface area contributed by atoms with Gasteiger partial charge in [0, 0.05) is 37.6 Å². The van der Waals surface area contributed by atoms with Gasteiger partial charge in [-0.2, -0.15) is 0 Å². The summed E-state index contributed by atoms with van der Waals surface area (Å²) in [5.74, 6) is 0. The van der Waals surface area contributed by atoms with E-state index in [1.165, 1.54) is 5.56 Å². The lowest BCUT2D eigenvalue weighted by Crippen LogP contribution is -2.73. The normalized spacial score (nSPS) is 21.9. The highest BCUT2D eigenvalue weighted by molar-refractivity contribution is 5.69. The summed E-state index contributed by atoms with van der Waals surface area (Å²) in [4.78, 5) is 16.3. The molecule has 0 saturated carbocycles. The van der Waals surface area contributed by atoms with Gasteiger partial charge >= 0.3 is 6.09 Å². The zero-order valence-corrected chi connectivity index (χ0v) is 14.0. The van der Waals surface area contributed by atoms with Crippen molar-refractivity contribution in [3.8, 4) is 0 Å². The molecule has 120 valence electrons. The molecule has 0 aromatic heterocycles. The van der Waals surface area contributed by atoms with E-state index in [2.05, 4.69) is 42.2 Å². The standard InChI is InChI=1S/C18H26N2O2/c1-14(15-8-6-5-7-9-15)19-10-18(11-19)12-20(13-18)16(21)22-17(2,3)4/h5-9,14H,10-13H2,1-4H3. The topological polar surface area (TPSA) is 32.8 Å². The fraction of sp³-hybridized carbons (Fsp3) is 0.611. The van der Waals surface area contributed by atoms with E-state index in [1.54, 1.807) is 0 Å². The van der Waals surface area contributed by atoms with E-state index in [-0.39, 0.29) is 6.09 Å². The molecule has 1 atom stereocenters. The number of benzene rings is 1. The van der Waals surface area contributed by atoms with Gasteiger partial charge in [0.2, 0.25) is 0 Å². The van der Waals surface area contributed by atoms with Crippen LogP contribution in [-0.2, 0) is 4.74 Å². The number of ether oxygens (including phenoxy) is 1. The molecule has 1 spiro atoms. The van der Waals surface area contributed by atoms with E-state index < -0.39 is 5.60 Å². The van der Waals surface area contributed by atoms with Crippen molar-refractivity contribution in [3.05, 3.63) is 35.9 Å². The predicted molar refractivity (Wildman–Crippen MR) is 86.7 cm³/mol. The van der Waals surface area contributed by atoms with Crippen molar-refractivity contribution >= 4 is 6.09 Å². The van der Waals surface area contributed by atoms with Crippen LogP contribution in [-0.4, -0.2) is 47.7 Å². The van der Waals surface area contributed by atoms with Crippen LogP contribution < -0.4 is 0 Å². The number of carbonyl (C=O) groups is 1. The van der Waals surface area contributed by atoms with E-state index in [4.69, 9.17) is 4.74 Å². The first-order valence-electron chi connectivity index (χ1n) is 8.05. The number of rotatable bonds is 2. The Hall–Kier alpha value is -1.55. The summed E-state index contributed by atoms with van der Waals surface area (Å²) in [5, 5.41) is 0. The highest BCUT2D eigenvalue weighted by Gasteiger charge is 2.54. The first-order valence-corrected chi connectivity index (χ1v) is 8.05. The molecule has 2 fully saturated rings. The van der Waals surface area contributed by atoms with Gasteiger partial charge in [-0.15, -0.1) is 0 Å². The third-order valence-corrected chi connectivity index (χ3v) is 4.61. The van der Waals surface area contributed by atoms with Crippen LogP contribution in [0.1, 0.15) is 39.3 Å². The molecular formula is C18H26N2O2. The van der Waals surface area contributed by atoms with Gasteiger partial charge in [0.15, 0.2) is 0 Å². The minimum atomic E-state index is -0.409. The second-order valence-corrected chi connectivity index (χ2v) is 7.83. The van der Waals surface area contributed by atoms with Crippen LogP contribution in [0.4, 0.5) is 4.79 Å². The quantitative estimate of drug-likeness (QED) is 0.840. The summed E-state index contributed by atoms with van der Waals surface area (Å²) in [6, 6.07) is 11.1. The van der Waals surface area contributed by atoms with Crippen LogP contribution in [0.2, 0.25) is 0 Å². The summed E-state index contributed by atoms with van der Waals surface area (Å²) in [6.45, 7) is 11.8. The Kier molecular flexibility index (Phi) is 3.68. The Bertz CT molecular complexity index is 536. The monoisotopic (exact) mass is 302 g/mol. The minimum absolute atomic E-state index is 0.173. The van der Waals surface area contributed by atoms with Gasteiger partial charge in [0.25, 0.3) is 0 Å². The van der Waals surface area contributed by atoms with E-state index in [0.29, 0.717) is 11.5 Å². The van der Waals surface area contributed by atoms with Crippen molar-refractivity contribution < 1.29 is 9.53 Å². The van der Waals surface area contributed by atoms with Gasteiger partial charge in [-0.25, -0.2) is 4.79 Å². The molecule has 1 amide bonds. The van der Waals surface area contributed by atoms with Crippen LogP contribution in [0.3, 0.4) is 0 Å². The molecule has 4 nitrogen and oxygen atoms in total. The van der Waals surface area contributed by atoms with Gasteiger partial charge in [0.1, 0.15) is 5.60 Å². The van der Waals surface area contributed by atoms with Crippen LogP contribution in [0.15, 0.2) is 30.3 Å². The largest absolute Gasteiger partial charge is 0.444 e. The molecule has 0 N–H and O–H groups in total. The first kappa shape index (κ1) is 15.3. The zero-order valence-electron chi connectivity index (χ0n) is 14.0. The number of amides is 1. The number of likely N-dealkylation sites (tertiary alicyclic amines) is 2. The number of carbonyl (C=O) groups excluding carboxylic acids is 1. The third kappa shape index (κ3) is 2.98. The number of nitrogens with zero attached hydrogens (tertiary/aromatic N) is 2. The molecule has 3 rings (SSSR count). The Labute approximate surface area is 133 Å². The average molecular weight is 302 g/mol. The fourth-order valence-electron chi connectivity index (χ4n) is 3.45. The summed E-state index contributed by atoms with van der Waals surface area (Å²) >= 11 is 0. The van der Waals surface area contributed by atoms with Crippen molar-refractivity contribution in [1.29, 1.82) is 0 Å². The lowest BCUT2D eigenvalue weighted by Gasteiger charge is -2.61. The van der Waals surface area contributed by atoms with Crippen molar-refractivity contribution in [2.75, 3.05) is 26.2 Å². The van der Waals surface area contributed by atoms with Crippen LogP contribution in [0.5, 0.6) is 0 Å². The van der Waals surface area contributed by atoms with E-state index >= 15 is 0 Å². The van der Waals surface area contributed by atoms with E-state index in [9.17, 15) is 4.79 Å². The molecule has 1 unspecified atom stereocenters. The molecule has 4 heteroatoms. The maximum atomic E-state index is 12.0. The van der Waals surface area contributed by atoms with Crippen molar-refractivity contribution in [1.82, 2.24) is 9.80 Å². The molecule has 2 aliphatic heterocycles. The zero-order chi connectivity index (χ0) is 16.0. The number of hydrogen-bond donors (Lipinski definition) is 0. The van der Waals surface area contributed by atoms with Gasteiger partial charge in [-0.05, 0) is 33.3 Å². The van der Waals surface area contributed by atoms with Crippen LogP contribution in [0.25, 0.3) is 0 Å². The van der Waals surface area contributed by atoms with E-state index in [0.717, 1.165) is 26.2 Å². The first-order chi connectivity index (χ1) is 10.3. The maximum absolute atomic E-state index is 12.0. The highest BCUT2D eigenvalue weighted by atomic mass is 16.6. The molecular weight excluding hydrogens is 276 g/mol.